The number of rotatable bonds is 1. The lowest BCUT2D eigenvalue weighted by atomic mass is 10.1. The summed E-state index contributed by atoms with van der Waals surface area (Å²) < 4.78 is 38.9. The molecular weight excluding hydrogens is 301 g/mol. The fourth-order valence-corrected chi connectivity index (χ4v) is 2.42. The molecule has 2 aromatic heterocycles. The number of aromatic nitrogens is 2. The third-order valence-electron chi connectivity index (χ3n) is 3.08. The van der Waals surface area contributed by atoms with Gasteiger partial charge >= 0.3 is 6.18 Å². The van der Waals surface area contributed by atoms with Crippen LogP contribution in [0.25, 0.3) is 22.2 Å². The lowest BCUT2D eigenvalue weighted by Gasteiger charge is -2.12. The fourth-order valence-electron chi connectivity index (χ4n) is 2.12. The topological polar surface area (TPSA) is 25.8 Å². The summed E-state index contributed by atoms with van der Waals surface area (Å²) in [6.45, 7) is 0. The van der Waals surface area contributed by atoms with Crippen LogP contribution in [0.15, 0.2) is 48.8 Å². The van der Waals surface area contributed by atoms with Gasteiger partial charge in [-0.05, 0) is 18.2 Å². The minimum Gasteiger partial charge on any atom is -0.256 e. The highest BCUT2D eigenvalue weighted by Crippen LogP contribution is 2.38. The van der Waals surface area contributed by atoms with Crippen LogP contribution in [0.3, 0.4) is 0 Å². The van der Waals surface area contributed by atoms with E-state index in [1.807, 2.05) is 0 Å². The predicted octanol–water partition coefficient (Wildman–Crippen LogP) is 4.97. The van der Waals surface area contributed by atoms with Crippen LogP contribution < -0.4 is 0 Å². The van der Waals surface area contributed by atoms with Gasteiger partial charge in [-0.15, -0.1) is 0 Å². The average Bonchev–Trinajstić information content (AvgIpc) is 2.47. The summed E-state index contributed by atoms with van der Waals surface area (Å²) in [7, 11) is 0. The van der Waals surface area contributed by atoms with E-state index in [4.69, 9.17) is 11.6 Å². The summed E-state index contributed by atoms with van der Waals surface area (Å²) in [6.07, 6.45) is -1.56. The van der Waals surface area contributed by atoms with Gasteiger partial charge in [0.1, 0.15) is 0 Å². The first-order valence-electron chi connectivity index (χ1n) is 6.04. The summed E-state index contributed by atoms with van der Waals surface area (Å²) in [5.74, 6) is 0. The smallest absolute Gasteiger partial charge is 0.256 e. The number of hydrogen-bond acceptors (Lipinski definition) is 2. The summed E-state index contributed by atoms with van der Waals surface area (Å²) in [6, 6.07) is 9.07. The van der Waals surface area contributed by atoms with Gasteiger partial charge in [-0.3, -0.25) is 9.97 Å². The number of alkyl halides is 3. The van der Waals surface area contributed by atoms with Gasteiger partial charge in [0.2, 0.25) is 0 Å². The molecule has 2 nitrogen and oxygen atoms in total. The Morgan fingerprint density at radius 2 is 1.76 bits per heavy atom. The minimum absolute atomic E-state index is 0.158. The van der Waals surface area contributed by atoms with Crippen LogP contribution in [0.4, 0.5) is 13.2 Å². The molecule has 0 aliphatic heterocycles. The van der Waals surface area contributed by atoms with Crippen molar-refractivity contribution in [2.75, 3.05) is 0 Å². The van der Waals surface area contributed by atoms with Crippen molar-refractivity contribution in [2.24, 2.45) is 0 Å². The van der Waals surface area contributed by atoms with E-state index in [2.05, 4.69) is 9.97 Å². The third-order valence-corrected chi connectivity index (χ3v) is 3.49. The summed E-state index contributed by atoms with van der Waals surface area (Å²) in [5.41, 5.74) is 0.113. The summed E-state index contributed by atoms with van der Waals surface area (Å²) in [5, 5.41) is 0.472. The molecule has 0 unspecified atom stereocenters. The van der Waals surface area contributed by atoms with Crippen LogP contribution in [0.5, 0.6) is 0 Å². The molecule has 0 aliphatic rings. The zero-order valence-electron chi connectivity index (χ0n) is 10.5. The van der Waals surface area contributed by atoms with Crippen LogP contribution in [-0.2, 0) is 6.18 Å². The molecule has 1 aromatic carbocycles. The molecular formula is C15H8ClF3N2. The molecule has 3 rings (SSSR count). The normalized spacial score (nSPS) is 11.8. The number of benzene rings is 1. The van der Waals surface area contributed by atoms with Crippen LogP contribution in [0.2, 0.25) is 5.02 Å². The zero-order valence-corrected chi connectivity index (χ0v) is 11.3. The Kier molecular flexibility index (Phi) is 3.29. The van der Waals surface area contributed by atoms with E-state index in [0.29, 0.717) is 11.3 Å². The van der Waals surface area contributed by atoms with Crippen LogP contribution in [-0.4, -0.2) is 9.97 Å². The molecule has 106 valence electrons. The van der Waals surface area contributed by atoms with Crippen LogP contribution in [0, 0.1) is 0 Å². The third kappa shape index (κ3) is 2.45. The molecule has 0 spiro atoms. The molecule has 0 saturated heterocycles. The van der Waals surface area contributed by atoms with Gasteiger partial charge in [-0.1, -0.05) is 29.8 Å². The number of para-hydroxylation sites is 1. The Bertz CT molecular complexity index is 801. The fraction of sp³-hybridized carbons (Fsp3) is 0.0667. The highest BCUT2D eigenvalue weighted by atomic mass is 35.5. The van der Waals surface area contributed by atoms with Crippen molar-refractivity contribution < 1.29 is 13.2 Å². The van der Waals surface area contributed by atoms with E-state index in [1.165, 1.54) is 18.3 Å². The molecule has 0 atom stereocenters. The summed E-state index contributed by atoms with van der Waals surface area (Å²) in [4.78, 5) is 8.08. The Balaban J connectivity index is 2.28. The second kappa shape index (κ2) is 5.00. The zero-order chi connectivity index (χ0) is 15.0. The molecule has 0 saturated carbocycles. The lowest BCUT2D eigenvalue weighted by molar-refractivity contribution is -0.136. The maximum absolute atomic E-state index is 13.0. The first kappa shape index (κ1) is 13.8. The van der Waals surface area contributed by atoms with Crippen molar-refractivity contribution in [3.05, 3.63) is 59.4 Å². The Morgan fingerprint density at radius 1 is 0.952 bits per heavy atom. The molecule has 0 radical (unpaired) electrons. The largest absolute Gasteiger partial charge is 0.418 e. The maximum Gasteiger partial charge on any atom is 0.418 e. The quantitative estimate of drug-likeness (QED) is 0.634. The molecule has 6 heteroatoms. The van der Waals surface area contributed by atoms with E-state index in [0.717, 1.165) is 6.07 Å². The van der Waals surface area contributed by atoms with E-state index < -0.39 is 11.7 Å². The number of halogens is 4. The Hall–Kier alpha value is -2.14. The van der Waals surface area contributed by atoms with Crippen molar-refractivity contribution in [2.45, 2.75) is 6.18 Å². The van der Waals surface area contributed by atoms with E-state index in [1.54, 1.807) is 24.4 Å². The van der Waals surface area contributed by atoms with Gasteiger partial charge in [-0.25, -0.2) is 0 Å². The molecule has 0 amide bonds. The average molecular weight is 309 g/mol. The minimum atomic E-state index is -4.47. The van der Waals surface area contributed by atoms with Crippen molar-refractivity contribution in [1.29, 1.82) is 0 Å². The first-order valence-corrected chi connectivity index (χ1v) is 6.42. The highest BCUT2D eigenvalue weighted by molar-refractivity contribution is 6.38. The molecule has 0 bridgehead atoms. The maximum atomic E-state index is 13.0. The van der Waals surface area contributed by atoms with E-state index >= 15 is 0 Å². The second-order valence-corrected chi connectivity index (χ2v) is 4.78. The van der Waals surface area contributed by atoms with Gasteiger partial charge < -0.3 is 0 Å². The van der Waals surface area contributed by atoms with E-state index in [9.17, 15) is 13.2 Å². The molecule has 21 heavy (non-hydrogen) atoms. The molecule has 0 N–H and O–H groups in total. The van der Waals surface area contributed by atoms with Gasteiger partial charge in [-0.2, -0.15) is 13.2 Å². The second-order valence-electron chi connectivity index (χ2n) is 4.40. The first-order chi connectivity index (χ1) is 9.98. The molecule has 0 fully saturated rings. The molecule has 3 aromatic rings. The molecule has 0 aliphatic carbocycles. The van der Waals surface area contributed by atoms with Crippen LogP contribution in [0.1, 0.15) is 5.56 Å². The highest BCUT2D eigenvalue weighted by Gasteiger charge is 2.33. The number of pyridine rings is 2. The predicted molar refractivity (Wildman–Crippen MR) is 75.0 cm³/mol. The van der Waals surface area contributed by atoms with Crippen molar-refractivity contribution >= 4 is 22.5 Å². The number of hydrogen-bond donors (Lipinski definition) is 0. The number of nitrogens with zero attached hydrogens (tertiary/aromatic N) is 2. The van der Waals surface area contributed by atoms with Gasteiger partial charge in [0, 0.05) is 23.3 Å². The molecule has 2 heterocycles. The van der Waals surface area contributed by atoms with Crippen LogP contribution >= 0.6 is 11.6 Å². The van der Waals surface area contributed by atoms with Crippen molar-refractivity contribution in [1.82, 2.24) is 9.97 Å². The SMILES string of the molecule is FC(F)(F)c1cccc2c(Cl)c(-c3ccccn3)cnc12. The Labute approximate surface area is 123 Å². The summed E-state index contributed by atoms with van der Waals surface area (Å²) >= 11 is 6.25. The van der Waals surface area contributed by atoms with Gasteiger partial charge in [0.15, 0.2) is 0 Å². The van der Waals surface area contributed by atoms with Crippen molar-refractivity contribution in [3.63, 3.8) is 0 Å². The Morgan fingerprint density at radius 3 is 2.43 bits per heavy atom. The van der Waals surface area contributed by atoms with E-state index in [-0.39, 0.29) is 15.9 Å². The lowest BCUT2D eigenvalue weighted by Crippen LogP contribution is -2.06. The standard InChI is InChI=1S/C15H8ClF3N2/c16-13-9-4-3-5-11(15(17,18)19)14(9)21-8-10(13)12-6-1-2-7-20-12/h1-8H. The monoisotopic (exact) mass is 308 g/mol. The van der Waals surface area contributed by atoms with Gasteiger partial charge in [0.25, 0.3) is 0 Å². The van der Waals surface area contributed by atoms with Crippen molar-refractivity contribution in [3.8, 4) is 11.3 Å². The van der Waals surface area contributed by atoms with Gasteiger partial charge in [0.05, 0.1) is 21.8 Å². The number of fused-ring (bicyclic) bond motifs is 1.